The third kappa shape index (κ3) is 6.08. The molecule has 1 N–H and O–H groups in total. The van der Waals surface area contributed by atoms with Gasteiger partial charge in [-0.15, -0.1) is 0 Å². The highest BCUT2D eigenvalue weighted by atomic mass is 32.2. The Bertz CT molecular complexity index is 1970. The maximum Gasteiger partial charge on any atom is 0.256 e. The van der Waals surface area contributed by atoms with E-state index in [-0.39, 0.29) is 11.5 Å². The van der Waals surface area contributed by atoms with Crippen LogP contribution in [0.3, 0.4) is 0 Å². The summed E-state index contributed by atoms with van der Waals surface area (Å²) in [7, 11) is -4.21. The van der Waals surface area contributed by atoms with Crippen molar-refractivity contribution < 1.29 is 22.0 Å². The van der Waals surface area contributed by atoms with Gasteiger partial charge in [0.05, 0.1) is 16.6 Å². The van der Waals surface area contributed by atoms with Crippen molar-refractivity contribution in [1.29, 1.82) is 0 Å². The van der Waals surface area contributed by atoms with Crippen LogP contribution in [0, 0.1) is 18.6 Å². The average molecular weight is 688 g/mol. The lowest BCUT2D eigenvalue weighted by atomic mass is 9.70. The van der Waals surface area contributed by atoms with Crippen molar-refractivity contribution in [3.63, 3.8) is 0 Å². The number of fused-ring (bicyclic) bond motifs is 3. The van der Waals surface area contributed by atoms with Gasteiger partial charge in [-0.25, -0.2) is 26.9 Å². The molecule has 4 aliphatic rings. The van der Waals surface area contributed by atoms with Crippen molar-refractivity contribution in [2.45, 2.75) is 99.2 Å². The highest BCUT2D eigenvalue weighted by molar-refractivity contribution is 7.89. The third-order valence-electron chi connectivity index (χ3n) is 11.7. The number of hydrogen-bond acceptors (Lipinski definition) is 5. The number of benzene rings is 3. The van der Waals surface area contributed by atoms with E-state index in [1.165, 1.54) is 23.9 Å². The Morgan fingerprint density at radius 3 is 2.27 bits per heavy atom. The largest absolute Gasteiger partial charge is 0.338 e. The molecule has 4 aromatic rings. The molecule has 3 aromatic carbocycles. The summed E-state index contributed by atoms with van der Waals surface area (Å²) in [5.74, 6) is -1.78. The van der Waals surface area contributed by atoms with E-state index in [9.17, 15) is 17.6 Å². The number of aryl methyl sites for hydroxylation is 1. The number of carbonyl (C=O) groups is 1. The molecule has 0 spiro atoms. The number of sulfonamides is 1. The van der Waals surface area contributed by atoms with Crippen LogP contribution in [0.5, 0.6) is 0 Å². The maximum atomic E-state index is 15.0. The first-order valence-corrected chi connectivity index (χ1v) is 19.2. The lowest BCUT2D eigenvalue weighted by Gasteiger charge is -2.45. The van der Waals surface area contributed by atoms with Crippen molar-refractivity contribution in [1.82, 2.24) is 24.1 Å². The number of rotatable bonds is 9. The van der Waals surface area contributed by atoms with Crippen LogP contribution in [-0.2, 0) is 15.4 Å². The van der Waals surface area contributed by atoms with Crippen LogP contribution >= 0.6 is 0 Å². The Balaban J connectivity index is 0.979. The Kier molecular flexibility index (Phi) is 8.35. The number of hydrogen-bond donors (Lipinski definition) is 1. The van der Waals surface area contributed by atoms with E-state index in [1.54, 1.807) is 4.90 Å². The molecule has 3 saturated heterocycles. The summed E-state index contributed by atoms with van der Waals surface area (Å²) in [6.45, 7) is 3.88. The van der Waals surface area contributed by atoms with Crippen LogP contribution in [-0.4, -0.2) is 71.4 Å². The summed E-state index contributed by atoms with van der Waals surface area (Å²) in [6.07, 6.45) is 8.31. The molecule has 258 valence electrons. The molecule has 3 aliphatic heterocycles. The number of amides is 1. The summed E-state index contributed by atoms with van der Waals surface area (Å²) in [5, 5.41) is 0. The van der Waals surface area contributed by atoms with Gasteiger partial charge in [0, 0.05) is 43.3 Å². The maximum absolute atomic E-state index is 15.0. The van der Waals surface area contributed by atoms with E-state index in [4.69, 9.17) is 4.98 Å². The molecule has 1 aromatic heterocycles. The summed E-state index contributed by atoms with van der Waals surface area (Å²) in [4.78, 5) is 22.1. The predicted molar refractivity (Wildman–Crippen MR) is 184 cm³/mol. The van der Waals surface area contributed by atoms with Crippen LogP contribution < -0.4 is 4.72 Å². The van der Waals surface area contributed by atoms with Gasteiger partial charge < -0.3 is 9.47 Å². The lowest BCUT2D eigenvalue weighted by molar-refractivity contribution is 0.0602. The Morgan fingerprint density at radius 1 is 0.898 bits per heavy atom. The second-order valence-corrected chi connectivity index (χ2v) is 16.3. The fraction of sp³-hybridized carbons (Fsp3) is 0.474. The second kappa shape index (κ2) is 12.6. The van der Waals surface area contributed by atoms with Gasteiger partial charge in [0.15, 0.2) is 0 Å². The van der Waals surface area contributed by atoms with Gasteiger partial charge in [-0.2, -0.15) is 0 Å². The fourth-order valence-corrected chi connectivity index (χ4v) is 10.3. The Morgan fingerprint density at radius 2 is 1.57 bits per heavy atom. The van der Waals surface area contributed by atoms with Crippen molar-refractivity contribution in [2.75, 3.05) is 19.6 Å². The molecule has 4 fully saturated rings. The van der Waals surface area contributed by atoms with Crippen molar-refractivity contribution in [3.05, 3.63) is 95.3 Å². The summed E-state index contributed by atoms with van der Waals surface area (Å²) in [5.41, 5.74) is 2.95. The molecule has 8 rings (SSSR count). The fourth-order valence-electron chi connectivity index (χ4n) is 8.96. The molecule has 11 heteroatoms. The smallest absolute Gasteiger partial charge is 0.256 e. The number of imidazole rings is 1. The van der Waals surface area contributed by atoms with Gasteiger partial charge in [0.25, 0.3) is 5.91 Å². The molecule has 4 heterocycles. The molecular weight excluding hydrogens is 645 g/mol. The minimum atomic E-state index is -4.21. The monoisotopic (exact) mass is 687 g/mol. The van der Waals surface area contributed by atoms with Crippen molar-refractivity contribution in [2.24, 2.45) is 0 Å². The number of para-hydroxylation sites is 2. The highest BCUT2D eigenvalue weighted by Gasteiger charge is 2.44. The van der Waals surface area contributed by atoms with Crippen molar-refractivity contribution in [3.8, 4) is 0 Å². The zero-order valence-electron chi connectivity index (χ0n) is 27.8. The second-order valence-electron chi connectivity index (χ2n) is 14.6. The lowest BCUT2D eigenvalue weighted by Crippen LogP contribution is -2.49. The van der Waals surface area contributed by atoms with E-state index in [2.05, 4.69) is 63.6 Å². The predicted octanol–water partition coefficient (Wildman–Crippen LogP) is 6.50. The molecule has 2 bridgehead atoms. The van der Waals surface area contributed by atoms with E-state index in [0.29, 0.717) is 63.0 Å². The molecular formula is C38H43F2N5O3S. The van der Waals surface area contributed by atoms with Gasteiger partial charge >= 0.3 is 0 Å². The van der Waals surface area contributed by atoms with Crippen LogP contribution in [0.2, 0.25) is 0 Å². The van der Waals surface area contributed by atoms with E-state index < -0.39 is 38.0 Å². The Hall–Kier alpha value is -3.67. The topological polar surface area (TPSA) is 87.5 Å². The van der Waals surface area contributed by atoms with Crippen LogP contribution in [0.15, 0.2) is 71.6 Å². The quantitative estimate of drug-likeness (QED) is 0.217. The van der Waals surface area contributed by atoms with Gasteiger partial charge in [0.1, 0.15) is 22.4 Å². The molecule has 3 atom stereocenters. The van der Waals surface area contributed by atoms with E-state index >= 15 is 4.39 Å². The van der Waals surface area contributed by atoms with Gasteiger partial charge in [-0.05, 0) is 100 Å². The molecule has 1 aliphatic carbocycles. The SMILES string of the molecule is Cc1nc2ccccc2n1C1C[C@H]2CC[C@@H](C1)N2CCC1(c2ccccc2)CCN(C(=O)c2cc(S(=O)(=O)NC3CC3)c(F)cc2F)CC1. The number of nitrogens with one attached hydrogen (secondary N) is 1. The highest BCUT2D eigenvalue weighted by Crippen LogP contribution is 2.45. The minimum absolute atomic E-state index is 0.157. The molecule has 1 unspecified atom stereocenters. The standard InChI is InChI=1S/C38H43F2N5O3S/c1-25-41-34-9-5-6-10-35(34)45(25)30-21-28-13-14-29(22-30)44(28)20-17-38(26-7-3-2-4-8-26)15-18-43(19-16-38)37(46)31-23-36(33(40)24-32(31)39)49(47,48)42-27-11-12-27/h2-10,23-24,27-30,42H,11-22H2,1H3/t28-,29+,30?. The molecule has 1 amide bonds. The van der Waals surface area contributed by atoms with Crippen molar-refractivity contribution >= 4 is 27.0 Å². The zero-order valence-corrected chi connectivity index (χ0v) is 28.6. The first-order valence-electron chi connectivity index (χ1n) is 17.7. The molecule has 49 heavy (non-hydrogen) atoms. The van der Waals surface area contributed by atoms with Gasteiger partial charge in [-0.3, -0.25) is 9.69 Å². The van der Waals surface area contributed by atoms with E-state index in [0.717, 1.165) is 43.2 Å². The normalized spacial score (nSPS) is 24.1. The summed E-state index contributed by atoms with van der Waals surface area (Å²) in [6, 6.07) is 21.5. The summed E-state index contributed by atoms with van der Waals surface area (Å²) < 4.78 is 60.2. The van der Waals surface area contributed by atoms with Crippen LogP contribution in [0.1, 0.15) is 85.6 Å². The first-order chi connectivity index (χ1) is 23.6. The Labute approximate surface area is 286 Å². The number of carbonyl (C=O) groups excluding carboxylic acids is 1. The van der Waals surface area contributed by atoms with Gasteiger partial charge in [-0.1, -0.05) is 42.5 Å². The molecule has 8 nitrogen and oxygen atoms in total. The average Bonchev–Trinajstić information content (AvgIpc) is 3.78. The number of aromatic nitrogens is 2. The number of likely N-dealkylation sites (tertiary alicyclic amines) is 1. The molecule has 0 radical (unpaired) electrons. The van der Waals surface area contributed by atoms with Crippen LogP contribution in [0.4, 0.5) is 8.78 Å². The zero-order chi connectivity index (χ0) is 33.9. The molecule has 1 saturated carbocycles. The van der Waals surface area contributed by atoms with Crippen LogP contribution in [0.25, 0.3) is 11.0 Å². The first kappa shape index (κ1) is 32.5. The van der Waals surface area contributed by atoms with Gasteiger partial charge in [0.2, 0.25) is 10.0 Å². The third-order valence-corrected chi connectivity index (χ3v) is 13.2. The number of halogens is 2. The minimum Gasteiger partial charge on any atom is -0.338 e. The van der Waals surface area contributed by atoms with E-state index in [1.807, 2.05) is 12.1 Å². The number of nitrogens with zero attached hydrogens (tertiary/aromatic N) is 4. The number of piperidine rings is 2. The summed E-state index contributed by atoms with van der Waals surface area (Å²) >= 11 is 0.